The molecule has 5 nitrogen and oxygen atoms in total. The third kappa shape index (κ3) is 3.58. The average molecular weight is 423 g/mol. The van der Waals surface area contributed by atoms with Crippen molar-refractivity contribution < 1.29 is 4.39 Å². The normalized spacial score (nSPS) is 15.7. The van der Waals surface area contributed by atoms with Crippen LogP contribution in [-0.4, -0.2) is 20.6 Å². The molecule has 4 aliphatic rings. The van der Waals surface area contributed by atoms with Crippen molar-refractivity contribution in [1.82, 2.24) is 14.5 Å². The fourth-order valence-corrected chi connectivity index (χ4v) is 4.12. The molecule has 1 saturated carbocycles. The highest BCUT2D eigenvalue weighted by Crippen LogP contribution is 2.26. The predicted molar refractivity (Wildman–Crippen MR) is 124 cm³/mol. The van der Waals surface area contributed by atoms with E-state index in [0.29, 0.717) is 6.04 Å². The van der Waals surface area contributed by atoms with Crippen LogP contribution in [0.4, 0.5) is 15.8 Å². The smallest absolute Gasteiger partial charge is 0.123 e. The van der Waals surface area contributed by atoms with E-state index in [1.807, 2.05) is 24.3 Å². The Morgan fingerprint density at radius 1 is 1.03 bits per heavy atom. The molecule has 1 fully saturated rings. The lowest BCUT2D eigenvalue weighted by atomic mass is 10.1. The lowest BCUT2D eigenvalue weighted by Crippen LogP contribution is -2.40. The molecule has 0 amide bonds. The molecule has 32 heavy (non-hydrogen) atoms. The first-order valence-corrected chi connectivity index (χ1v) is 11.0. The molecule has 1 aliphatic heterocycles. The highest BCUT2D eigenvalue weighted by atomic mass is 19.1. The Balaban J connectivity index is 1.64. The van der Waals surface area contributed by atoms with E-state index in [-0.39, 0.29) is 5.82 Å². The van der Waals surface area contributed by atoms with Crippen LogP contribution in [0, 0.1) is 5.82 Å². The molecule has 2 heterocycles. The molecule has 0 unspecified atom stereocenters. The molecule has 158 valence electrons. The fourth-order valence-electron chi connectivity index (χ4n) is 4.12. The number of anilines is 2. The molecule has 0 saturated heterocycles. The highest BCUT2D eigenvalue weighted by molar-refractivity contribution is 5.70. The summed E-state index contributed by atoms with van der Waals surface area (Å²) in [7, 11) is 0. The second-order valence-corrected chi connectivity index (χ2v) is 8.26. The maximum absolute atomic E-state index is 13.7. The fraction of sp³-hybridized carbons (Fsp3) is 0.192. The first-order chi connectivity index (χ1) is 15.7. The van der Waals surface area contributed by atoms with Gasteiger partial charge in [-0.05, 0) is 74.2 Å². The van der Waals surface area contributed by atoms with E-state index < -0.39 is 0 Å². The van der Waals surface area contributed by atoms with Gasteiger partial charge in [0.1, 0.15) is 5.82 Å². The average Bonchev–Trinajstić information content (AvgIpc) is 3.64. The molecule has 1 aromatic heterocycles. The lowest BCUT2D eigenvalue weighted by molar-refractivity contribution is 0.627. The maximum atomic E-state index is 13.7. The summed E-state index contributed by atoms with van der Waals surface area (Å²) in [6.45, 7) is 0. The monoisotopic (exact) mass is 423 g/mol. The molecule has 0 bridgehead atoms. The van der Waals surface area contributed by atoms with Crippen LogP contribution in [0.25, 0.3) is 29.2 Å². The Kier molecular flexibility index (Phi) is 4.56. The van der Waals surface area contributed by atoms with Crippen molar-refractivity contribution in [3.8, 4) is 17.1 Å². The number of fused-ring (bicyclic) bond motifs is 2. The van der Waals surface area contributed by atoms with E-state index in [9.17, 15) is 4.39 Å². The van der Waals surface area contributed by atoms with Gasteiger partial charge < -0.3 is 9.88 Å². The number of halogens is 1. The van der Waals surface area contributed by atoms with Gasteiger partial charge in [-0.3, -0.25) is 9.98 Å². The van der Waals surface area contributed by atoms with Gasteiger partial charge in [-0.15, -0.1) is 0 Å². The molecule has 0 spiro atoms. The first-order valence-electron chi connectivity index (χ1n) is 11.0. The van der Waals surface area contributed by atoms with Crippen molar-refractivity contribution >= 4 is 23.5 Å². The number of hydrogen-bond donors (Lipinski definition) is 1. The lowest BCUT2D eigenvalue weighted by Gasteiger charge is -2.20. The van der Waals surface area contributed by atoms with Crippen LogP contribution < -0.4 is 21.4 Å². The third-order valence-electron chi connectivity index (χ3n) is 5.81. The van der Waals surface area contributed by atoms with Crippen LogP contribution in [0.2, 0.25) is 0 Å². The summed E-state index contributed by atoms with van der Waals surface area (Å²) in [6.07, 6.45) is 12.1. The maximum Gasteiger partial charge on any atom is 0.123 e. The van der Waals surface area contributed by atoms with Gasteiger partial charge in [-0.2, -0.15) is 0 Å². The van der Waals surface area contributed by atoms with Gasteiger partial charge in [-0.1, -0.05) is 12.2 Å². The van der Waals surface area contributed by atoms with E-state index in [2.05, 4.69) is 39.2 Å². The second-order valence-electron chi connectivity index (χ2n) is 8.26. The van der Waals surface area contributed by atoms with E-state index in [4.69, 9.17) is 9.98 Å². The van der Waals surface area contributed by atoms with Crippen molar-refractivity contribution in [3.63, 3.8) is 0 Å². The number of rotatable bonds is 4. The Morgan fingerprint density at radius 3 is 2.66 bits per heavy atom. The molecular weight excluding hydrogens is 401 g/mol. The topological polar surface area (TPSA) is 55.1 Å². The number of hydrogen-bond acceptors (Lipinski definition) is 4. The highest BCUT2D eigenvalue weighted by Gasteiger charge is 2.21. The molecule has 6 heteroatoms. The summed E-state index contributed by atoms with van der Waals surface area (Å²) < 4.78 is 15.8. The number of aromatic nitrogens is 3. The summed E-state index contributed by atoms with van der Waals surface area (Å²) in [4.78, 5) is 14.2. The Morgan fingerprint density at radius 2 is 1.88 bits per heavy atom. The molecular formula is C26H22FN5. The molecule has 0 atom stereocenters. The summed E-state index contributed by atoms with van der Waals surface area (Å²) >= 11 is 0. The second kappa shape index (κ2) is 7.71. The number of nitrogens with one attached hydrogen (secondary N) is 1. The minimum Gasteiger partial charge on any atom is -0.352 e. The van der Waals surface area contributed by atoms with E-state index in [1.54, 1.807) is 12.4 Å². The minimum absolute atomic E-state index is 0.246. The molecule has 6 rings (SSSR count). The number of nitrogens with zero attached hydrogens (tertiary/aromatic N) is 4. The first kappa shape index (κ1) is 18.9. The molecule has 2 aromatic rings. The zero-order chi connectivity index (χ0) is 21.5. The van der Waals surface area contributed by atoms with Crippen molar-refractivity contribution in [3.05, 3.63) is 82.8 Å². The molecule has 3 aliphatic carbocycles. The quantitative estimate of drug-likeness (QED) is 0.545. The molecule has 1 N–H and O–H groups in total. The van der Waals surface area contributed by atoms with Gasteiger partial charge >= 0.3 is 0 Å². The molecule has 0 radical (unpaired) electrons. The van der Waals surface area contributed by atoms with Gasteiger partial charge in [0.15, 0.2) is 0 Å². The molecule has 1 aromatic carbocycles. The van der Waals surface area contributed by atoms with Crippen molar-refractivity contribution in [1.29, 1.82) is 0 Å². The van der Waals surface area contributed by atoms with Crippen LogP contribution in [0.5, 0.6) is 0 Å². The van der Waals surface area contributed by atoms with E-state index >= 15 is 0 Å². The summed E-state index contributed by atoms with van der Waals surface area (Å²) in [5, 5.41) is 6.37. The van der Waals surface area contributed by atoms with Crippen LogP contribution in [0.15, 0.2) is 65.9 Å². The Bertz CT molecular complexity index is 1450. The zero-order valence-electron chi connectivity index (χ0n) is 17.5. The van der Waals surface area contributed by atoms with Crippen LogP contribution in [0.1, 0.15) is 25.7 Å². The SMILES string of the molecule is Fc1ccc(-n2c3cc(=NC4CC4)c(Nc4cccnc4)cc-3nc3c2=CCCC=3)cc1. The summed E-state index contributed by atoms with van der Waals surface area (Å²) in [5.74, 6) is -0.246. The van der Waals surface area contributed by atoms with Gasteiger partial charge in [0.2, 0.25) is 0 Å². The van der Waals surface area contributed by atoms with Gasteiger partial charge in [-0.25, -0.2) is 9.37 Å². The van der Waals surface area contributed by atoms with Gasteiger partial charge in [0.05, 0.1) is 51.1 Å². The van der Waals surface area contributed by atoms with Crippen LogP contribution in [-0.2, 0) is 0 Å². The standard InChI is InChI=1S/C26H22FN5/c27-17-7-11-20(12-8-17)32-25-6-2-1-5-21(25)31-24-14-22(30-19-4-3-13-28-16-19)23(15-26(24)32)29-18-9-10-18/h3-8,11-16,18,30H,1-2,9-10H2. The Hall–Kier alpha value is -3.80. The number of pyridine rings is 1. The third-order valence-corrected chi connectivity index (χ3v) is 5.81. The zero-order valence-corrected chi connectivity index (χ0v) is 17.5. The van der Waals surface area contributed by atoms with Crippen molar-refractivity contribution in [2.45, 2.75) is 31.7 Å². The van der Waals surface area contributed by atoms with Crippen LogP contribution in [0.3, 0.4) is 0 Å². The largest absolute Gasteiger partial charge is 0.352 e. The van der Waals surface area contributed by atoms with Crippen molar-refractivity contribution in [2.24, 2.45) is 4.99 Å². The minimum atomic E-state index is -0.246. The predicted octanol–water partition coefficient (Wildman–Crippen LogP) is 3.67. The van der Waals surface area contributed by atoms with Gasteiger partial charge in [0, 0.05) is 11.9 Å². The van der Waals surface area contributed by atoms with Gasteiger partial charge in [0.25, 0.3) is 0 Å². The summed E-state index contributed by atoms with van der Waals surface area (Å²) in [5.41, 5.74) is 4.55. The van der Waals surface area contributed by atoms with Crippen LogP contribution >= 0.6 is 0 Å². The van der Waals surface area contributed by atoms with E-state index in [0.717, 1.165) is 70.2 Å². The summed E-state index contributed by atoms with van der Waals surface area (Å²) in [6, 6.07) is 15.1. The Labute approximate surface area is 184 Å². The van der Waals surface area contributed by atoms with Crippen molar-refractivity contribution in [2.75, 3.05) is 5.32 Å². The van der Waals surface area contributed by atoms with E-state index in [1.165, 1.54) is 12.1 Å². The number of benzene rings is 2.